The van der Waals surface area contributed by atoms with Gasteiger partial charge in [-0.1, -0.05) is 0 Å². The molecule has 0 aliphatic carbocycles. The van der Waals surface area contributed by atoms with Gasteiger partial charge in [-0.25, -0.2) is 19.6 Å². The molecule has 1 aliphatic heterocycles. The zero-order chi connectivity index (χ0) is 14.8. The zero-order valence-electron chi connectivity index (χ0n) is 11.9. The molecule has 114 valence electrons. The van der Waals surface area contributed by atoms with Crippen molar-refractivity contribution in [3.63, 3.8) is 0 Å². The number of hydrogen-bond donors (Lipinski definition) is 1. The van der Waals surface area contributed by atoms with Crippen LogP contribution in [-0.4, -0.2) is 44.9 Å². The molecule has 0 amide bonds. The van der Waals surface area contributed by atoms with Crippen LogP contribution in [0.25, 0.3) is 11.3 Å². The fourth-order valence-corrected chi connectivity index (χ4v) is 3.16. The molecule has 3 aromatic rings. The molecule has 22 heavy (non-hydrogen) atoms. The third-order valence-electron chi connectivity index (χ3n) is 3.66. The van der Waals surface area contributed by atoms with Gasteiger partial charge in [0.2, 0.25) is 11.3 Å². The molecule has 0 atom stereocenters. The number of hydrogen-bond acceptors (Lipinski definition) is 9. The first-order valence-corrected chi connectivity index (χ1v) is 8.20. The Bertz CT molecular complexity index is 751. The van der Waals surface area contributed by atoms with Crippen LogP contribution < -0.4 is 10.2 Å². The monoisotopic (exact) mass is 317 g/mol. The fraction of sp³-hybridized carbons (Fsp3) is 0.462. The second kappa shape index (κ2) is 5.84. The van der Waals surface area contributed by atoms with Gasteiger partial charge in [-0.05, 0) is 23.2 Å². The van der Waals surface area contributed by atoms with Crippen molar-refractivity contribution < 1.29 is 4.63 Å². The molecule has 0 saturated carbocycles. The Hall–Kier alpha value is -2.29. The molecule has 9 heteroatoms. The first-order chi connectivity index (χ1) is 10.9. The highest BCUT2D eigenvalue weighted by Gasteiger charge is 2.20. The quantitative estimate of drug-likeness (QED) is 0.760. The Morgan fingerprint density at radius 2 is 2.00 bits per heavy atom. The highest BCUT2D eigenvalue weighted by atomic mass is 32.1. The van der Waals surface area contributed by atoms with Crippen molar-refractivity contribution in [3.8, 4) is 0 Å². The molecule has 0 spiro atoms. The number of anilines is 2. The maximum absolute atomic E-state index is 4.72. The normalized spacial score (nSPS) is 14.8. The van der Waals surface area contributed by atoms with Crippen LogP contribution in [0.1, 0.15) is 18.5 Å². The first kappa shape index (κ1) is 13.4. The average Bonchev–Trinajstić information content (AvgIpc) is 3.28. The Morgan fingerprint density at radius 3 is 2.77 bits per heavy atom. The van der Waals surface area contributed by atoms with Gasteiger partial charge in [0.05, 0.1) is 11.2 Å². The van der Waals surface area contributed by atoms with E-state index in [2.05, 4.69) is 40.9 Å². The van der Waals surface area contributed by atoms with Crippen LogP contribution in [0.4, 0.5) is 11.6 Å². The minimum Gasteiger partial charge on any atom is -0.367 e. The van der Waals surface area contributed by atoms with Crippen LogP contribution in [0.5, 0.6) is 0 Å². The van der Waals surface area contributed by atoms with Gasteiger partial charge in [0.25, 0.3) is 0 Å². The minimum absolute atomic E-state index is 0.430. The molecule has 1 N–H and O–H groups in total. The summed E-state index contributed by atoms with van der Waals surface area (Å²) in [5.74, 6) is 1.57. The lowest BCUT2D eigenvalue weighted by atomic mass is 10.3. The molecule has 3 aromatic heterocycles. The van der Waals surface area contributed by atoms with Crippen molar-refractivity contribution in [2.24, 2.45) is 0 Å². The van der Waals surface area contributed by atoms with E-state index in [9.17, 15) is 0 Å². The second-order valence-corrected chi connectivity index (χ2v) is 5.88. The molecule has 4 heterocycles. The lowest BCUT2D eigenvalue weighted by Crippen LogP contribution is -2.22. The van der Waals surface area contributed by atoms with E-state index in [-0.39, 0.29) is 0 Å². The summed E-state index contributed by atoms with van der Waals surface area (Å²) in [4.78, 5) is 15.6. The van der Waals surface area contributed by atoms with Gasteiger partial charge in [-0.3, -0.25) is 0 Å². The van der Waals surface area contributed by atoms with E-state index in [1.807, 2.05) is 5.51 Å². The summed E-state index contributed by atoms with van der Waals surface area (Å²) in [6.07, 6.45) is 3.20. The average molecular weight is 317 g/mol. The van der Waals surface area contributed by atoms with Gasteiger partial charge in [0, 0.05) is 31.4 Å². The van der Waals surface area contributed by atoms with Crippen molar-refractivity contribution in [3.05, 3.63) is 16.6 Å². The van der Waals surface area contributed by atoms with Crippen LogP contribution in [0.2, 0.25) is 0 Å². The molecule has 0 radical (unpaired) electrons. The van der Waals surface area contributed by atoms with Gasteiger partial charge in [0.15, 0.2) is 11.6 Å². The fourth-order valence-electron chi connectivity index (χ4n) is 2.57. The lowest BCUT2D eigenvalue weighted by Gasteiger charge is -2.19. The maximum atomic E-state index is 4.72. The highest BCUT2D eigenvalue weighted by Crippen LogP contribution is 2.26. The third-order valence-corrected chi connectivity index (χ3v) is 4.29. The van der Waals surface area contributed by atoms with Gasteiger partial charge >= 0.3 is 0 Å². The van der Waals surface area contributed by atoms with E-state index in [0.29, 0.717) is 11.3 Å². The Kier molecular flexibility index (Phi) is 3.55. The topological polar surface area (TPSA) is 92.9 Å². The van der Waals surface area contributed by atoms with E-state index in [1.54, 1.807) is 11.3 Å². The summed E-state index contributed by atoms with van der Waals surface area (Å²) in [6, 6.07) is 0. The van der Waals surface area contributed by atoms with Gasteiger partial charge in [-0.15, -0.1) is 11.3 Å². The molecule has 1 saturated heterocycles. The Balaban J connectivity index is 1.57. The number of rotatable bonds is 5. The van der Waals surface area contributed by atoms with E-state index in [0.717, 1.165) is 43.4 Å². The lowest BCUT2D eigenvalue weighted by molar-refractivity contribution is 0.314. The summed E-state index contributed by atoms with van der Waals surface area (Å²) < 4.78 is 4.72. The molecule has 4 rings (SSSR count). The third kappa shape index (κ3) is 2.59. The Morgan fingerprint density at radius 1 is 1.18 bits per heavy atom. The van der Waals surface area contributed by atoms with Gasteiger partial charge in [-0.2, -0.15) is 0 Å². The van der Waals surface area contributed by atoms with E-state index in [4.69, 9.17) is 4.63 Å². The van der Waals surface area contributed by atoms with E-state index >= 15 is 0 Å². The minimum atomic E-state index is 0.430. The summed E-state index contributed by atoms with van der Waals surface area (Å²) in [6.45, 7) is 2.73. The maximum Gasteiger partial charge on any atom is 0.245 e. The molecular formula is C13H15N7OS. The van der Waals surface area contributed by atoms with Crippen molar-refractivity contribution in [1.82, 2.24) is 25.3 Å². The first-order valence-electron chi connectivity index (χ1n) is 7.26. The summed E-state index contributed by atoms with van der Waals surface area (Å²) in [7, 11) is 0. The molecular weight excluding hydrogens is 302 g/mol. The molecule has 1 aliphatic rings. The predicted octanol–water partition coefficient (Wildman–Crippen LogP) is 1.72. The van der Waals surface area contributed by atoms with Crippen molar-refractivity contribution >= 4 is 34.3 Å². The molecule has 8 nitrogen and oxygen atoms in total. The summed E-state index contributed by atoms with van der Waals surface area (Å²) >= 11 is 1.61. The number of aromatic nitrogens is 5. The van der Waals surface area contributed by atoms with Crippen LogP contribution in [-0.2, 0) is 6.42 Å². The SMILES string of the molecule is c1nc(CCNc2nc3nonc3nc2N2CCCC2)cs1. The highest BCUT2D eigenvalue weighted by molar-refractivity contribution is 7.07. The number of nitrogens with one attached hydrogen (secondary N) is 1. The van der Waals surface area contributed by atoms with Crippen molar-refractivity contribution in [2.45, 2.75) is 19.3 Å². The van der Waals surface area contributed by atoms with Crippen LogP contribution in [0.15, 0.2) is 15.5 Å². The molecule has 0 bridgehead atoms. The molecule has 1 fully saturated rings. The number of thiazole rings is 1. The smallest absolute Gasteiger partial charge is 0.245 e. The predicted molar refractivity (Wildman–Crippen MR) is 83.1 cm³/mol. The summed E-state index contributed by atoms with van der Waals surface area (Å²) in [5, 5.41) is 13.0. The van der Waals surface area contributed by atoms with Crippen molar-refractivity contribution in [2.75, 3.05) is 29.9 Å². The van der Waals surface area contributed by atoms with Crippen LogP contribution in [0.3, 0.4) is 0 Å². The zero-order valence-corrected chi connectivity index (χ0v) is 12.7. The van der Waals surface area contributed by atoms with Gasteiger partial charge in [0.1, 0.15) is 0 Å². The molecule has 0 unspecified atom stereocenters. The van der Waals surface area contributed by atoms with Gasteiger partial charge < -0.3 is 10.2 Å². The molecule has 0 aromatic carbocycles. The standard InChI is InChI=1S/C13H15N7OS/c1-2-6-20(5-1)13-12(14-4-3-9-7-22-8-15-9)16-10-11(17-13)19-21-18-10/h7-8H,1-6H2,(H,14,16,18). The van der Waals surface area contributed by atoms with Crippen LogP contribution >= 0.6 is 11.3 Å². The summed E-state index contributed by atoms with van der Waals surface area (Å²) in [5.41, 5.74) is 3.81. The van der Waals surface area contributed by atoms with Crippen LogP contribution in [0, 0.1) is 0 Å². The van der Waals surface area contributed by atoms with E-state index < -0.39 is 0 Å². The Labute approximate surface area is 130 Å². The van der Waals surface area contributed by atoms with E-state index in [1.165, 1.54) is 12.8 Å². The largest absolute Gasteiger partial charge is 0.367 e. The second-order valence-electron chi connectivity index (χ2n) is 5.16. The number of fused-ring (bicyclic) bond motifs is 1. The van der Waals surface area contributed by atoms with Crippen molar-refractivity contribution in [1.29, 1.82) is 0 Å². The number of nitrogens with zero attached hydrogens (tertiary/aromatic N) is 6.